The Hall–Kier alpha value is -1.86. The van der Waals surface area contributed by atoms with E-state index in [0.717, 1.165) is 63.9 Å². The van der Waals surface area contributed by atoms with E-state index >= 15 is 0 Å². The first-order valence-corrected chi connectivity index (χ1v) is 11.4. The lowest BCUT2D eigenvalue weighted by Crippen LogP contribution is -2.43. The van der Waals surface area contributed by atoms with Crippen molar-refractivity contribution < 1.29 is 23.1 Å². The first-order chi connectivity index (χ1) is 14.9. The molecule has 1 aromatic rings. The number of amides is 1. The molecule has 5 nitrogen and oxygen atoms in total. The number of hydrogen-bond donors (Lipinski definition) is 1. The Balaban J connectivity index is 1.35. The normalized spacial score (nSPS) is 24.0. The van der Waals surface area contributed by atoms with Crippen LogP contribution in [0.5, 0.6) is 0 Å². The number of ether oxygens (including phenoxy) is 1. The maximum absolute atomic E-state index is 13.9. The summed E-state index contributed by atoms with van der Waals surface area (Å²) < 4.78 is 32.1. The van der Waals surface area contributed by atoms with E-state index in [0.29, 0.717) is 18.8 Å². The fourth-order valence-electron chi connectivity index (χ4n) is 4.71. The van der Waals surface area contributed by atoms with Gasteiger partial charge in [-0.2, -0.15) is 0 Å². The number of hydrogen-bond acceptors (Lipinski definition) is 4. The molecule has 1 aromatic carbocycles. The third-order valence-electron chi connectivity index (χ3n) is 6.92. The molecule has 1 amide bonds. The van der Waals surface area contributed by atoms with Crippen molar-refractivity contribution in [1.29, 1.82) is 0 Å². The first-order valence-electron chi connectivity index (χ1n) is 11.4. The van der Waals surface area contributed by atoms with E-state index in [1.807, 2.05) is 0 Å². The Morgan fingerprint density at radius 1 is 1.13 bits per heavy atom. The zero-order chi connectivity index (χ0) is 22.4. The molecule has 1 aliphatic carbocycles. The molecule has 0 radical (unpaired) electrons. The van der Waals surface area contributed by atoms with Crippen LogP contribution in [0.25, 0.3) is 0 Å². The van der Waals surface area contributed by atoms with Crippen LogP contribution in [0, 0.1) is 23.5 Å². The Kier molecular flexibility index (Phi) is 8.55. The van der Waals surface area contributed by atoms with Crippen molar-refractivity contribution in [2.24, 2.45) is 11.8 Å². The Bertz CT molecular complexity index is 757. The Morgan fingerprint density at radius 3 is 2.42 bits per heavy atom. The number of nitrogens with zero attached hydrogens (tertiary/aromatic N) is 1. The fourth-order valence-corrected chi connectivity index (χ4v) is 4.71. The van der Waals surface area contributed by atoms with Crippen molar-refractivity contribution in [3.05, 3.63) is 35.4 Å². The number of nitrogens with one attached hydrogen (secondary N) is 1. The molecular weight excluding hydrogens is 402 g/mol. The minimum Gasteiger partial charge on any atom is -0.372 e. The molecule has 1 saturated heterocycles. The summed E-state index contributed by atoms with van der Waals surface area (Å²) >= 11 is 0. The van der Waals surface area contributed by atoms with Crippen LogP contribution in [0.15, 0.2) is 18.2 Å². The second-order valence-corrected chi connectivity index (χ2v) is 9.00. The average molecular weight is 437 g/mol. The number of piperidine rings is 1. The maximum atomic E-state index is 13.9. The number of Topliss-reactive ketones (excluding diaryl/α,β-unsaturated/α-hetero) is 1. The van der Waals surface area contributed by atoms with Gasteiger partial charge in [-0.3, -0.25) is 9.59 Å². The van der Waals surface area contributed by atoms with E-state index in [1.54, 1.807) is 14.0 Å². The van der Waals surface area contributed by atoms with Crippen molar-refractivity contribution in [2.75, 3.05) is 26.7 Å². The lowest BCUT2D eigenvalue weighted by atomic mass is 9.83. The van der Waals surface area contributed by atoms with Gasteiger partial charge in [-0.1, -0.05) is 0 Å². The predicted molar refractivity (Wildman–Crippen MR) is 115 cm³/mol. The molecule has 1 saturated carbocycles. The molecule has 1 heterocycles. The third-order valence-corrected chi connectivity index (χ3v) is 6.92. The van der Waals surface area contributed by atoms with Crippen molar-refractivity contribution in [3.8, 4) is 0 Å². The Morgan fingerprint density at radius 2 is 1.81 bits per heavy atom. The zero-order valence-corrected chi connectivity index (χ0v) is 18.5. The van der Waals surface area contributed by atoms with Crippen LogP contribution in [0.2, 0.25) is 0 Å². The van der Waals surface area contributed by atoms with Crippen LogP contribution in [0.4, 0.5) is 8.78 Å². The van der Waals surface area contributed by atoms with Crippen LogP contribution in [-0.4, -0.2) is 55.5 Å². The Labute approximate surface area is 183 Å². The third kappa shape index (κ3) is 6.56. The van der Waals surface area contributed by atoms with E-state index in [9.17, 15) is 18.4 Å². The van der Waals surface area contributed by atoms with Crippen LogP contribution in [-0.2, 0) is 9.53 Å². The molecule has 1 N–H and O–H groups in total. The molecule has 7 heteroatoms. The summed E-state index contributed by atoms with van der Waals surface area (Å²) in [6.07, 6.45) is 6.39. The van der Waals surface area contributed by atoms with Gasteiger partial charge in [-0.25, -0.2) is 8.78 Å². The number of likely N-dealkylation sites (tertiary alicyclic amines) is 1. The predicted octanol–water partition coefficient (Wildman–Crippen LogP) is 3.96. The van der Waals surface area contributed by atoms with Gasteiger partial charge in [0.1, 0.15) is 17.7 Å². The molecule has 0 bridgehead atoms. The van der Waals surface area contributed by atoms with Gasteiger partial charge in [-0.05, 0) is 89.6 Å². The molecule has 31 heavy (non-hydrogen) atoms. The fraction of sp³-hybridized carbons (Fsp3) is 0.667. The van der Waals surface area contributed by atoms with Gasteiger partial charge < -0.3 is 15.0 Å². The van der Waals surface area contributed by atoms with Gasteiger partial charge in [0.2, 0.25) is 5.91 Å². The first kappa shape index (κ1) is 23.8. The van der Waals surface area contributed by atoms with Gasteiger partial charge in [0.15, 0.2) is 5.78 Å². The molecule has 0 aromatic heterocycles. The summed E-state index contributed by atoms with van der Waals surface area (Å²) in [6.45, 7) is 4.43. The lowest BCUT2D eigenvalue weighted by molar-refractivity contribution is -0.131. The quantitative estimate of drug-likeness (QED) is 0.627. The van der Waals surface area contributed by atoms with E-state index in [4.69, 9.17) is 4.74 Å². The molecule has 1 atom stereocenters. The van der Waals surface area contributed by atoms with Crippen LogP contribution in [0.1, 0.15) is 62.2 Å². The molecule has 172 valence electrons. The van der Waals surface area contributed by atoms with Crippen LogP contribution < -0.4 is 5.32 Å². The highest BCUT2D eigenvalue weighted by Crippen LogP contribution is 2.29. The minimum atomic E-state index is -0.768. The van der Waals surface area contributed by atoms with Crippen LogP contribution in [0.3, 0.4) is 0 Å². The van der Waals surface area contributed by atoms with E-state index < -0.39 is 17.7 Å². The highest BCUT2D eigenvalue weighted by molar-refractivity contribution is 5.98. The van der Waals surface area contributed by atoms with Crippen molar-refractivity contribution >= 4 is 11.7 Å². The number of carbonyl (C=O) groups excluding carboxylic acids is 2. The minimum absolute atomic E-state index is 0.00333. The largest absolute Gasteiger partial charge is 0.372 e. The van der Waals surface area contributed by atoms with Crippen molar-refractivity contribution in [1.82, 2.24) is 10.2 Å². The number of rotatable bonds is 8. The van der Waals surface area contributed by atoms with E-state index in [2.05, 4.69) is 10.2 Å². The highest BCUT2D eigenvalue weighted by Gasteiger charge is 2.29. The maximum Gasteiger partial charge on any atom is 0.249 e. The second-order valence-electron chi connectivity index (χ2n) is 9.00. The summed E-state index contributed by atoms with van der Waals surface area (Å²) in [7, 11) is 1.54. The molecule has 2 aliphatic rings. The number of benzene rings is 1. The van der Waals surface area contributed by atoms with E-state index in [-0.39, 0.29) is 29.2 Å². The molecular formula is C24H34F2N2O3. The topological polar surface area (TPSA) is 58.6 Å². The number of carbonyl (C=O) groups is 2. The monoisotopic (exact) mass is 436 g/mol. The summed E-state index contributed by atoms with van der Waals surface area (Å²) in [5.41, 5.74) is 0.00333. The molecule has 1 unspecified atom stereocenters. The van der Waals surface area contributed by atoms with Gasteiger partial charge in [0.25, 0.3) is 0 Å². The molecule has 0 spiro atoms. The SMILES string of the molecule is COC(C)C(=O)NC1CCC(CCN2CCC(C(=O)c3ccc(F)cc3F)CC2)CC1. The van der Waals surface area contributed by atoms with Gasteiger partial charge >= 0.3 is 0 Å². The van der Waals surface area contributed by atoms with Crippen molar-refractivity contribution in [3.63, 3.8) is 0 Å². The second kappa shape index (κ2) is 11.1. The summed E-state index contributed by atoms with van der Waals surface area (Å²) in [5, 5.41) is 3.08. The average Bonchev–Trinajstić information content (AvgIpc) is 2.78. The van der Waals surface area contributed by atoms with Gasteiger partial charge in [-0.15, -0.1) is 0 Å². The molecule has 1 aliphatic heterocycles. The lowest BCUT2D eigenvalue weighted by Gasteiger charge is -2.34. The summed E-state index contributed by atoms with van der Waals surface area (Å²) in [6, 6.07) is 3.42. The van der Waals surface area contributed by atoms with E-state index in [1.165, 1.54) is 6.07 Å². The molecule has 3 rings (SSSR count). The number of ketones is 1. The standard InChI is InChI=1S/C24H34F2N2O3/c1-16(31-2)24(30)27-20-6-3-17(4-7-20)9-12-28-13-10-18(11-14-28)23(29)21-8-5-19(25)15-22(21)26/h5,8,15-18,20H,3-4,6-7,9-14H2,1-2H3,(H,27,30). The number of halogens is 2. The van der Waals surface area contributed by atoms with Gasteiger partial charge in [0, 0.05) is 25.1 Å². The number of methoxy groups -OCH3 is 1. The molecule has 2 fully saturated rings. The van der Waals surface area contributed by atoms with Crippen LogP contribution >= 0.6 is 0 Å². The smallest absolute Gasteiger partial charge is 0.249 e. The van der Waals surface area contributed by atoms with Gasteiger partial charge in [0.05, 0.1) is 5.56 Å². The summed E-state index contributed by atoms with van der Waals surface area (Å²) in [4.78, 5) is 26.9. The highest BCUT2D eigenvalue weighted by atomic mass is 19.1. The zero-order valence-electron chi connectivity index (χ0n) is 18.5. The summed E-state index contributed by atoms with van der Waals surface area (Å²) in [5.74, 6) is -1.20. The van der Waals surface area contributed by atoms with Crippen molar-refractivity contribution in [2.45, 2.75) is 64.0 Å².